The Morgan fingerprint density at radius 2 is 2.36 bits per heavy atom. The molecule has 150 valence electrons. The van der Waals surface area contributed by atoms with Crippen LogP contribution < -0.4 is 16.5 Å². The zero-order valence-corrected chi connectivity index (χ0v) is 15.9. The van der Waals surface area contributed by atoms with Crippen LogP contribution in [0, 0.1) is 11.7 Å². The fourth-order valence-corrected chi connectivity index (χ4v) is 4.20. The highest BCUT2D eigenvalue weighted by atomic mass is 35.5. The number of nitrogens with zero attached hydrogens (tertiary/aromatic N) is 3. The molecule has 3 atom stereocenters. The van der Waals surface area contributed by atoms with Gasteiger partial charge in [0.25, 0.3) is 0 Å². The fourth-order valence-electron chi connectivity index (χ4n) is 3.99. The molecule has 28 heavy (non-hydrogen) atoms. The number of amidine groups is 1. The van der Waals surface area contributed by atoms with E-state index < -0.39 is 11.4 Å². The average Bonchev–Trinajstić information content (AvgIpc) is 3.06. The second-order valence-corrected chi connectivity index (χ2v) is 7.94. The lowest BCUT2D eigenvalue weighted by Crippen LogP contribution is -2.44. The lowest BCUT2D eigenvalue weighted by atomic mass is 9.82. The second kappa shape index (κ2) is 7.75. The van der Waals surface area contributed by atoms with Gasteiger partial charge < -0.3 is 20.6 Å². The number of allylic oxidation sites excluding steroid dienone is 1. The Balaban J connectivity index is 1.52. The van der Waals surface area contributed by atoms with Crippen molar-refractivity contribution in [2.75, 3.05) is 11.9 Å². The van der Waals surface area contributed by atoms with E-state index in [1.165, 1.54) is 0 Å². The first-order chi connectivity index (χ1) is 13.5. The molecule has 0 radical (unpaired) electrons. The number of halogens is 2. The van der Waals surface area contributed by atoms with E-state index in [1.54, 1.807) is 12.4 Å². The quantitative estimate of drug-likeness (QED) is 0.550. The number of anilines is 1. The summed E-state index contributed by atoms with van der Waals surface area (Å²) >= 11 is 6.12. The molecule has 1 aromatic heterocycles. The van der Waals surface area contributed by atoms with Crippen LogP contribution in [0.3, 0.4) is 0 Å². The molecule has 0 spiro atoms. The molecule has 1 aliphatic carbocycles. The molecular formula is C18H22ClFN6O2. The standard InChI is InChI=1S/C18H22ClFN6O2/c19-10-4-12-13(7-23-15(12)22-6-10)16-24-8-14(20)17(26-16)25-11-2-1-3-18(27,5-11)9-28-21/h6-8,11-12,27H,1-5,9,21H2,(H,22,23)(H,24,25,26). The normalized spacial score (nSPS) is 29.4. The third-order valence-electron chi connectivity index (χ3n) is 5.34. The van der Waals surface area contributed by atoms with E-state index >= 15 is 0 Å². The number of fused-ring (bicyclic) bond motifs is 1. The first kappa shape index (κ1) is 19.3. The smallest absolute Gasteiger partial charge is 0.183 e. The van der Waals surface area contributed by atoms with Crippen molar-refractivity contribution in [2.45, 2.75) is 43.7 Å². The summed E-state index contributed by atoms with van der Waals surface area (Å²) in [6, 6.07) is -0.147. The van der Waals surface area contributed by atoms with Crippen molar-refractivity contribution in [3.63, 3.8) is 0 Å². The fraction of sp³-hybridized carbons (Fsp3) is 0.500. The minimum atomic E-state index is -1.02. The molecule has 5 N–H and O–H groups in total. The Morgan fingerprint density at radius 3 is 3.18 bits per heavy atom. The highest BCUT2D eigenvalue weighted by Gasteiger charge is 2.36. The Hall–Kier alpha value is -2.07. The number of nitrogens with two attached hydrogens (primary N) is 1. The average molecular weight is 409 g/mol. The lowest BCUT2D eigenvalue weighted by molar-refractivity contribution is -0.0716. The third kappa shape index (κ3) is 3.88. The van der Waals surface area contributed by atoms with Crippen LogP contribution in [-0.2, 0) is 4.84 Å². The second-order valence-electron chi connectivity index (χ2n) is 7.45. The number of rotatable bonds is 5. The summed E-state index contributed by atoms with van der Waals surface area (Å²) in [7, 11) is 0. The molecule has 3 aliphatic rings. The zero-order chi connectivity index (χ0) is 19.7. The molecule has 0 amide bonds. The molecule has 2 aliphatic heterocycles. The lowest BCUT2D eigenvalue weighted by Gasteiger charge is -2.36. The molecule has 0 bridgehead atoms. The van der Waals surface area contributed by atoms with Crippen LogP contribution in [0.15, 0.2) is 28.6 Å². The van der Waals surface area contributed by atoms with E-state index in [0.29, 0.717) is 30.1 Å². The minimum absolute atomic E-state index is 0.0410. The first-order valence-corrected chi connectivity index (χ1v) is 9.57. The number of hydrogen-bond acceptors (Lipinski definition) is 8. The van der Waals surface area contributed by atoms with E-state index in [1.807, 2.05) is 0 Å². The van der Waals surface area contributed by atoms with Gasteiger partial charge in [0.05, 0.1) is 24.3 Å². The summed E-state index contributed by atoms with van der Waals surface area (Å²) in [5.41, 5.74) is -0.212. The van der Waals surface area contributed by atoms with Crippen LogP contribution in [0.2, 0.25) is 0 Å². The molecule has 3 unspecified atom stereocenters. The van der Waals surface area contributed by atoms with Gasteiger partial charge >= 0.3 is 0 Å². The van der Waals surface area contributed by atoms with Gasteiger partial charge in [-0.15, -0.1) is 0 Å². The Kier molecular flexibility index (Phi) is 5.33. The van der Waals surface area contributed by atoms with Crippen molar-refractivity contribution in [3.05, 3.63) is 35.3 Å². The SMILES string of the molecule is NOCC1(O)CCCC(Nc2nc(C3=CNC4=NC=C(Cl)CC34)ncc2F)C1. The van der Waals surface area contributed by atoms with Crippen molar-refractivity contribution in [2.24, 2.45) is 16.8 Å². The largest absolute Gasteiger partial charge is 0.387 e. The topological polar surface area (TPSA) is 118 Å². The third-order valence-corrected chi connectivity index (χ3v) is 5.59. The van der Waals surface area contributed by atoms with E-state index in [0.717, 1.165) is 30.4 Å². The van der Waals surface area contributed by atoms with Crippen molar-refractivity contribution in [3.8, 4) is 0 Å². The predicted octanol–water partition coefficient (Wildman–Crippen LogP) is 2.03. The summed E-state index contributed by atoms with van der Waals surface area (Å²) in [6.07, 6.45) is 7.70. The maximum atomic E-state index is 14.4. The minimum Gasteiger partial charge on any atom is -0.387 e. The van der Waals surface area contributed by atoms with Crippen LogP contribution in [0.25, 0.3) is 5.57 Å². The summed E-state index contributed by atoms with van der Waals surface area (Å²) in [5, 5.41) is 17.4. The van der Waals surface area contributed by atoms with Gasteiger partial charge in [-0.05, 0) is 32.1 Å². The van der Waals surface area contributed by atoms with Gasteiger partial charge in [-0.1, -0.05) is 11.6 Å². The molecule has 1 fully saturated rings. The predicted molar refractivity (Wildman–Crippen MR) is 104 cm³/mol. The van der Waals surface area contributed by atoms with Crippen molar-refractivity contribution in [1.29, 1.82) is 0 Å². The van der Waals surface area contributed by atoms with Crippen LogP contribution in [0.4, 0.5) is 10.2 Å². The number of hydrogen-bond donors (Lipinski definition) is 4. The maximum Gasteiger partial charge on any atom is 0.183 e. The van der Waals surface area contributed by atoms with E-state index in [2.05, 4.69) is 30.4 Å². The summed E-state index contributed by atoms with van der Waals surface area (Å²) in [6.45, 7) is 0.0410. The molecule has 4 rings (SSSR count). The molecule has 10 heteroatoms. The number of aliphatic hydroxyl groups is 1. The van der Waals surface area contributed by atoms with Crippen molar-refractivity contribution < 1.29 is 14.3 Å². The molecule has 1 aromatic rings. The molecule has 1 saturated carbocycles. The maximum absolute atomic E-state index is 14.4. The highest BCUT2D eigenvalue weighted by Crippen LogP contribution is 2.35. The summed E-state index contributed by atoms with van der Waals surface area (Å²) in [5.74, 6) is 5.80. The van der Waals surface area contributed by atoms with Crippen molar-refractivity contribution in [1.82, 2.24) is 15.3 Å². The van der Waals surface area contributed by atoms with Crippen LogP contribution in [0.5, 0.6) is 0 Å². The molecule has 8 nitrogen and oxygen atoms in total. The Morgan fingerprint density at radius 1 is 1.50 bits per heavy atom. The highest BCUT2D eigenvalue weighted by molar-refractivity contribution is 6.30. The monoisotopic (exact) mass is 408 g/mol. The summed E-state index contributed by atoms with van der Waals surface area (Å²) in [4.78, 5) is 17.5. The number of aromatic nitrogens is 2. The van der Waals surface area contributed by atoms with Crippen LogP contribution in [-0.4, -0.2) is 39.2 Å². The van der Waals surface area contributed by atoms with Crippen molar-refractivity contribution >= 4 is 28.8 Å². The molecule has 0 saturated heterocycles. The van der Waals surface area contributed by atoms with Gasteiger partial charge in [-0.25, -0.2) is 25.2 Å². The van der Waals surface area contributed by atoms with E-state index in [-0.39, 0.29) is 24.4 Å². The molecule has 0 aromatic carbocycles. The van der Waals surface area contributed by atoms with Gasteiger partial charge in [-0.2, -0.15) is 0 Å². The molecular weight excluding hydrogens is 387 g/mol. The Bertz CT molecular complexity index is 856. The van der Waals surface area contributed by atoms with Gasteiger partial charge in [0, 0.05) is 29.0 Å². The van der Waals surface area contributed by atoms with Gasteiger partial charge in [-0.3, -0.25) is 0 Å². The van der Waals surface area contributed by atoms with E-state index in [4.69, 9.17) is 17.5 Å². The first-order valence-electron chi connectivity index (χ1n) is 9.20. The van der Waals surface area contributed by atoms with E-state index in [9.17, 15) is 9.50 Å². The molecule has 3 heterocycles. The number of nitrogens with one attached hydrogen (secondary N) is 2. The zero-order valence-electron chi connectivity index (χ0n) is 15.2. The van der Waals surface area contributed by atoms with Gasteiger partial charge in [0.1, 0.15) is 5.84 Å². The Labute approximate surface area is 166 Å². The summed E-state index contributed by atoms with van der Waals surface area (Å²) < 4.78 is 14.4. The van der Waals surface area contributed by atoms with Gasteiger partial charge in [0.15, 0.2) is 17.5 Å². The van der Waals surface area contributed by atoms with Gasteiger partial charge in [0.2, 0.25) is 0 Å². The van der Waals surface area contributed by atoms with Crippen LogP contribution >= 0.6 is 11.6 Å². The van der Waals surface area contributed by atoms with Crippen LogP contribution in [0.1, 0.15) is 37.9 Å². The number of aliphatic imine (C=N–C) groups is 1.